The first-order valence-corrected chi connectivity index (χ1v) is 8.57. The second-order valence-electron chi connectivity index (χ2n) is 6.73. The number of aliphatic hydroxyl groups excluding tert-OH is 1. The van der Waals surface area contributed by atoms with E-state index in [1.807, 2.05) is 46.7 Å². The average Bonchev–Trinajstić information content (AvgIpc) is 3.23. The molecule has 0 radical (unpaired) electrons. The minimum Gasteiger partial charge on any atom is -0.386 e. The maximum atomic E-state index is 12.6. The van der Waals surface area contributed by atoms with E-state index in [-0.39, 0.29) is 11.6 Å². The number of benzene rings is 1. The van der Waals surface area contributed by atoms with Crippen LogP contribution >= 0.6 is 0 Å². The first-order valence-electron chi connectivity index (χ1n) is 8.57. The van der Waals surface area contributed by atoms with Gasteiger partial charge in [0.25, 0.3) is 5.56 Å². The van der Waals surface area contributed by atoms with Gasteiger partial charge < -0.3 is 14.6 Å². The highest BCUT2D eigenvalue weighted by Gasteiger charge is 2.33. The van der Waals surface area contributed by atoms with Crippen LogP contribution in [0.25, 0.3) is 11.2 Å². The van der Waals surface area contributed by atoms with Crippen molar-refractivity contribution >= 4 is 17.1 Å². The molecule has 0 bridgehead atoms. The molecule has 2 unspecified atom stereocenters. The Labute approximate surface area is 149 Å². The van der Waals surface area contributed by atoms with E-state index in [1.165, 1.54) is 11.6 Å². The molecule has 1 aromatic carbocycles. The Morgan fingerprint density at radius 3 is 2.46 bits per heavy atom. The largest absolute Gasteiger partial charge is 0.386 e. The molecule has 0 amide bonds. The lowest BCUT2D eigenvalue weighted by atomic mass is 10.0. The van der Waals surface area contributed by atoms with Crippen LogP contribution in [-0.4, -0.2) is 36.4 Å². The molecule has 0 spiro atoms. The Morgan fingerprint density at radius 1 is 1.08 bits per heavy atom. The van der Waals surface area contributed by atoms with Gasteiger partial charge in [-0.1, -0.05) is 30.3 Å². The lowest BCUT2D eigenvalue weighted by Crippen LogP contribution is -2.38. The van der Waals surface area contributed by atoms with Gasteiger partial charge in [0.2, 0.25) is 5.95 Å². The van der Waals surface area contributed by atoms with Crippen LogP contribution in [0.4, 0.5) is 5.95 Å². The van der Waals surface area contributed by atoms with Crippen molar-refractivity contribution in [2.75, 3.05) is 11.4 Å². The summed E-state index contributed by atoms with van der Waals surface area (Å²) in [5, 5.41) is 10.7. The number of imidazole rings is 1. The lowest BCUT2D eigenvalue weighted by molar-refractivity contribution is 0.149. The summed E-state index contributed by atoms with van der Waals surface area (Å²) in [5.74, 6) is 0.612. The van der Waals surface area contributed by atoms with Gasteiger partial charge in [0, 0.05) is 27.2 Å². The Hall–Kier alpha value is -2.87. The van der Waals surface area contributed by atoms with Crippen LogP contribution in [0.5, 0.6) is 0 Å². The van der Waals surface area contributed by atoms with Gasteiger partial charge in [-0.2, -0.15) is 4.98 Å². The third-order valence-electron chi connectivity index (χ3n) is 5.24. The molecule has 2 atom stereocenters. The van der Waals surface area contributed by atoms with E-state index in [9.17, 15) is 14.7 Å². The Balaban J connectivity index is 1.81. The maximum Gasteiger partial charge on any atom is 0.332 e. The molecule has 4 rings (SSSR count). The van der Waals surface area contributed by atoms with E-state index in [1.54, 1.807) is 7.05 Å². The second kappa shape index (κ2) is 5.84. The van der Waals surface area contributed by atoms with Gasteiger partial charge in [-0.15, -0.1) is 0 Å². The number of nitrogens with zero attached hydrogens (tertiary/aromatic N) is 5. The van der Waals surface area contributed by atoms with Crippen molar-refractivity contribution in [2.24, 2.45) is 14.1 Å². The van der Waals surface area contributed by atoms with Gasteiger partial charge in [-0.05, 0) is 12.5 Å². The van der Waals surface area contributed by atoms with Gasteiger partial charge >= 0.3 is 5.69 Å². The molecule has 0 saturated carbocycles. The number of rotatable bonds is 3. The zero-order valence-corrected chi connectivity index (χ0v) is 15.0. The number of anilines is 1. The Morgan fingerprint density at radius 2 is 1.77 bits per heavy atom. The third kappa shape index (κ3) is 2.22. The van der Waals surface area contributed by atoms with Gasteiger partial charge in [-0.3, -0.25) is 13.9 Å². The highest BCUT2D eigenvalue weighted by Crippen LogP contribution is 2.30. The fourth-order valence-electron chi connectivity index (χ4n) is 3.66. The van der Waals surface area contributed by atoms with Crippen LogP contribution in [0.15, 0.2) is 39.9 Å². The minimum atomic E-state index is -0.686. The number of aryl methyl sites for hydroxylation is 1. The van der Waals surface area contributed by atoms with E-state index in [2.05, 4.69) is 4.98 Å². The fourth-order valence-corrected chi connectivity index (χ4v) is 3.66. The quantitative estimate of drug-likeness (QED) is 0.734. The van der Waals surface area contributed by atoms with E-state index < -0.39 is 11.8 Å². The van der Waals surface area contributed by atoms with E-state index in [4.69, 9.17) is 0 Å². The summed E-state index contributed by atoms with van der Waals surface area (Å²) >= 11 is 0. The molecule has 8 nitrogen and oxygen atoms in total. The van der Waals surface area contributed by atoms with Crippen molar-refractivity contribution in [1.29, 1.82) is 0 Å². The maximum absolute atomic E-state index is 12.6. The number of aromatic nitrogens is 4. The van der Waals surface area contributed by atoms with Crippen molar-refractivity contribution in [1.82, 2.24) is 18.7 Å². The molecule has 0 saturated heterocycles. The summed E-state index contributed by atoms with van der Waals surface area (Å²) in [4.78, 5) is 31.3. The molecule has 2 aromatic heterocycles. The predicted molar refractivity (Wildman–Crippen MR) is 98.4 cm³/mol. The molecule has 3 aromatic rings. The third-order valence-corrected chi connectivity index (χ3v) is 5.24. The number of fused-ring (bicyclic) bond motifs is 3. The Bertz CT molecular complexity index is 1100. The zero-order valence-electron chi connectivity index (χ0n) is 15.0. The number of hydrogen-bond donors (Lipinski definition) is 1. The molecule has 26 heavy (non-hydrogen) atoms. The van der Waals surface area contributed by atoms with E-state index >= 15 is 0 Å². The molecule has 1 aliphatic heterocycles. The monoisotopic (exact) mass is 355 g/mol. The van der Waals surface area contributed by atoms with Crippen molar-refractivity contribution < 1.29 is 5.11 Å². The molecule has 1 N–H and O–H groups in total. The highest BCUT2D eigenvalue weighted by atomic mass is 16.3. The normalized spacial score (nSPS) is 16.1. The van der Waals surface area contributed by atoms with Gasteiger partial charge in [0.1, 0.15) is 0 Å². The smallest absolute Gasteiger partial charge is 0.332 e. The van der Waals surface area contributed by atoms with Crippen molar-refractivity contribution in [3.8, 4) is 0 Å². The summed E-state index contributed by atoms with van der Waals surface area (Å²) in [7, 11) is 3.08. The topological polar surface area (TPSA) is 85.3 Å². The molecule has 8 heteroatoms. The molecular weight excluding hydrogens is 334 g/mol. The van der Waals surface area contributed by atoms with E-state index in [0.717, 1.165) is 10.1 Å². The van der Waals surface area contributed by atoms with Crippen LogP contribution < -0.4 is 16.1 Å². The van der Waals surface area contributed by atoms with Crippen LogP contribution in [0.2, 0.25) is 0 Å². The lowest BCUT2D eigenvalue weighted by Gasteiger charge is -2.29. The summed E-state index contributed by atoms with van der Waals surface area (Å²) in [5.41, 5.74) is 0.883. The zero-order chi connectivity index (χ0) is 18.6. The Kier molecular flexibility index (Phi) is 3.73. The second-order valence-corrected chi connectivity index (χ2v) is 6.73. The summed E-state index contributed by atoms with van der Waals surface area (Å²) in [6.45, 7) is 3.17. The molecule has 0 aliphatic carbocycles. The van der Waals surface area contributed by atoms with Crippen LogP contribution in [0, 0.1) is 0 Å². The van der Waals surface area contributed by atoms with Crippen molar-refractivity contribution in [2.45, 2.75) is 25.6 Å². The van der Waals surface area contributed by atoms with Crippen LogP contribution in [0.3, 0.4) is 0 Å². The molecule has 1 aliphatic rings. The standard InChI is InChI=1S/C18H21N5O3/c1-11(14(24)12-7-5-4-6-8-12)22-9-10-23-13-15(19-17(22)23)20(2)18(26)21(3)16(13)25/h4-8,11,14,24H,9-10H2,1-3H3. The first kappa shape index (κ1) is 16.6. The summed E-state index contributed by atoms with van der Waals surface area (Å²) in [6, 6.07) is 9.25. The van der Waals surface area contributed by atoms with Crippen molar-refractivity contribution in [3.63, 3.8) is 0 Å². The highest BCUT2D eigenvalue weighted by molar-refractivity contribution is 5.75. The average molecular weight is 355 g/mol. The van der Waals surface area contributed by atoms with Crippen LogP contribution in [-0.2, 0) is 20.6 Å². The fraction of sp³-hybridized carbons (Fsp3) is 0.389. The SMILES string of the molecule is CC(C(O)c1ccccc1)N1CCn2c1nc1c2c(=O)n(C)c(=O)n1C. The summed E-state index contributed by atoms with van der Waals surface area (Å²) in [6.07, 6.45) is -0.686. The minimum absolute atomic E-state index is 0.226. The van der Waals surface area contributed by atoms with Gasteiger partial charge in [0.15, 0.2) is 11.2 Å². The molecule has 136 valence electrons. The van der Waals surface area contributed by atoms with Crippen LogP contribution in [0.1, 0.15) is 18.6 Å². The van der Waals surface area contributed by atoms with Gasteiger partial charge in [-0.25, -0.2) is 4.79 Å². The molecular formula is C18H21N5O3. The molecule has 0 fully saturated rings. The first-order chi connectivity index (χ1) is 12.4. The van der Waals surface area contributed by atoms with E-state index in [0.29, 0.717) is 30.2 Å². The predicted octanol–water partition coefficient (Wildman–Crippen LogP) is 0.376. The van der Waals surface area contributed by atoms with Gasteiger partial charge in [0.05, 0.1) is 12.1 Å². The molecule has 3 heterocycles. The number of hydrogen-bond acceptors (Lipinski definition) is 5. The summed E-state index contributed by atoms with van der Waals surface area (Å²) < 4.78 is 4.33. The number of aliphatic hydroxyl groups is 1. The van der Waals surface area contributed by atoms with Crippen molar-refractivity contribution in [3.05, 3.63) is 56.7 Å².